The van der Waals surface area contributed by atoms with Gasteiger partial charge in [-0.05, 0) is 49.9 Å². The molecular formula is C25H29ClF3N3O2S. The zero-order valence-electron chi connectivity index (χ0n) is 19.9. The SMILES string of the molecule is CC(C)=CCN1CCN(C(=O)C(c2cccs2)N(C(=O)CCl)c2cccc(C(F)(F)F)c2C)CC1. The normalized spacial score (nSPS) is 15.6. The third kappa shape index (κ3) is 6.45. The minimum Gasteiger partial charge on any atom is -0.338 e. The number of amides is 2. The van der Waals surface area contributed by atoms with Gasteiger partial charge in [-0.15, -0.1) is 22.9 Å². The summed E-state index contributed by atoms with van der Waals surface area (Å²) >= 11 is 7.18. The Balaban J connectivity index is 1.99. The van der Waals surface area contributed by atoms with Gasteiger partial charge in [0.25, 0.3) is 5.91 Å². The summed E-state index contributed by atoms with van der Waals surface area (Å²) in [6.45, 7) is 8.41. The number of hydrogen-bond acceptors (Lipinski definition) is 4. The Labute approximate surface area is 212 Å². The van der Waals surface area contributed by atoms with E-state index in [-0.39, 0.29) is 17.2 Å². The molecule has 3 rings (SSSR count). The van der Waals surface area contributed by atoms with Crippen LogP contribution in [0.3, 0.4) is 0 Å². The highest BCUT2D eigenvalue weighted by Gasteiger charge is 2.39. The molecular weight excluding hydrogens is 499 g/mol. The first-order chi connectivity index (χ1) is 16.5. The number of thiophene rings is 1. The van der Waals surface area contributed by atoms with Crippen molar-refractivity contribution in [1.29, 1.82) is 0 Å². The lowest BCUT2D eigenvalue weighted by atomic mass is 10.0. The van der Waals surface area contributed by atoms with Crippen LogP contribution in [0.25, 0.3) is 0 Å². The number of alkyl halides is 4. The first kappa shape index (κ1) is 27.2. The molecule has 1 unspecified atom stereocenters. The molecule has 10 heteroatoms. The fourth-order valence-electron chi connectivity index (χ4n) is 4.12. The lowest BCUT2D eigenvalue weighted by Crippen LogP contribution is -2.53. The van der Waals surface area contributed by atoms with Crippen molar-refractivity contribution in [3.63, 3.8) is 0 Å². The highest BCUT2D eigenvalue weighted by atomic mass is 35.5. The maximum Gasteiger partial charge on any atom is 0.416 e. The van der Waals surface area contributed by atoms with Gasteiger partial charge in [-0.2, -0.15) is 13.2 Å². The number of halogens is 4. The van der Waals surface area contributed by atoms with Gasteiger partial charge in [-0.25, -0.2) is 0 Å². The summed E-state index contributed by atoms with van der Waals surface area (Å²) in [5, 5.41) is 1.77. The Morgan fingerprint density at radius 1 is 1.14 bits per heavy atom. The predicted octanol–water partition coefficient (Wildman–Crippen LogP) is 5.50. The van der Waals surface area contributed by atoms with Gasteiger partial charge in [-0.3, -0.25) is 19.4 Å². The Morgan fingerprint density at radius 2 is 1.83 bits per heavy atom. The Kier molecular flexibility index (Phi) is 9.01. The number of nitrogens with zero attached hydrogens (tertiary/aromatic N) is 3. The molecule has 0 aliphatic carbocycles. The molecule has 2 amide bonds. The Bertz CT molecular complexity index is 1060. The summed E-state index contributed by atoms with van der Waals surface area (Å²) in [6.07, 6.45) is -2.47. The lowest BCUT2D eigenvalue weighted by Gasteiger charge is -2.39. The van der Waals surface area contributed by atoms with Crippen molar-refractivity contribution < 1.29 is 22.8 Å². The van der Waals surface area contributed by atoms with Crippen LogP contribution in [0.4, 0.5) is 18.9 Å². The van der Waals surface area contributed by atoms with E-state index in [0.717, 1.165) is 17.5 Å². The van der Waals surface area contributed by atoms with Crippen molar-refractivity contribution in [2.75, 3.05) is 43.5 Å². The number of anilines is 1. The van der Waals surface area contributed by atoms with Crippen LogP contribution in [-0.4, -0.2) is 60.2 Å². The fourth-order valence-corrected chi connectivity index (χ4v) is 5.05. The lowest BCUT2D eigenvalue weighted by molar-refractivity contribution is -0.138. The number of hydrogen-bond donors (Lipinski definition) is 0. The van der Waals surface area contributed by atoms with Crippen LogP contribution in [0.5, 0.6) is 0 Å². The molecule has 1 saturated heterocycles. The summed E-state index contributed by atoms with van der Waals surface area (Å²) < 4.78 is 40.9. The maximum atomic E-state index is 13.8. The molecule has 1 aliphatic rings. The van der Waals surface area contributed by atoms with E-state index in [4.69, 9.17) is 11.6 Å². The maximum absolute atomic E-state index is 13.8. The summed E-state index contributed by atoms with van der Waals surface area (Å²) in [6, 6.07) is 6.01. The van der Waals surface area contributed by atoms with Crippen LogP contribution in [0.2, 0.25) is 0 Å². The number of allylic oxidation sites excluding steroid dienone is 1. The molecule has 2 aromatic rings. The van der Waals surface area contributed by atoms with E-state index in [1.807, 2.05) is 13.8 Å². The molecule has 1 aromatic heterocycles. The average molecular weight is 528 g/mol. The van der Waals surface area contributed by atoms with Gasteiger partial charge in [0.1, 0.15) is 11.9 Å². The first-order valence-electron chi connectivity index (χ1n) is 11.3. The highest BCUT2D eigenvalue weighted by Crippen LogP contribution is 2.39. The number of piperazine rings is 1. The van der Waals surface area contributed by atoms with Gasteiger partial charge < -0.3 is 4.90 Å². The molecule has 1 aliphatic heterocycles. The molecule has 0 radical (unpaired) electrons. The van der Waals surface area contributed by atoms with Crippen molar-refractivity contribution in [3.05, 3.63) is 63.4 Å². The van der Waals surface area contributed by atoms with Gasteiger partial charge in [0.2, 0.25) is 5.91 Å². The molecule has 0 spiro atoms. The van der Waals surface area contributed by atoms with Crippen LogP contribution in [0.1, 0.15) is 35.9 Å². The molecule has 0 bridgehead atoms. The van der Waals surface area contributed by atoms with Crippen molar-refractivity contribution >= 4 is 40.4 Å². The van der Waals surface area contributed by atoms with E-state index in [9.17, 15) is 22.8 Å². The van der Waals surface area contributed by atoms with Crippen LogP contribution in [0, 0.1) is 6.92 Å². The minimum absolute atomic E-state index is 0.0272. The molecule has 35 heavy (non-hydrogen) atoms. The summed E-state index contributed by atoms with van der Waals surface area (Å²) in [4.78, 5) is 32.5. The van der Waals surface area contributed by atoms with E-state index in [2.05, 4.69) is 11.0 Å². The second kappa shape index (κ2) is 11.6. The summed E-state index contributed by atoms with van der Waals surface area (Å²) in [5.74, 6) is -1.44. The summed E-state index contributed by atoms with van der Waals surface area (Å²) in [5.41, 5.74) is 0.263. The molecule has 5 nitrogen and oxygen atoms in total. The second-order valence-corrected chi connectivity index (χ2v) is 9.92. The average Bonchev–Trinajstić information content (AvgIpc) is 3.34. The van der Waals surface area contributed by atoms with Crippen molar-refractivity contribution in [1.82, 2.24) is 9.80 Å². The highest BCUT2D eigenvalue weighted by molar-refractivity contribution is 7.10. The zero-order valence-corrected chi connectivity index (χ0v) is 21.5. The monoisotopic (exact) mass is 527 g/mol. The number of benzene rings is 1. The molecule has 190 valence electrons. The van der Waals surface area contributed by atoms with E-state index < -0.39 is 29.6 Å². The van der Waals surface area contributed by atoms with Gasteiger partial charge in [0.15, 0.2) is 0 Å². The van der Waals surface area contributed by atoms with E-state index >= 15 is 0 Å². The fraction of sp³-hybridized carbons (Fsp3) is 0.440. The zero-order chi connectivity index (χ0) is 25.8. The molecule has 1 atom stereocenters. The van der Waals surface area contributed by atoms with Gasteiger partial charge in [0, 0.05) is 43.3 Å². The van der Waals surface area contributed by atoms with Crippen molar-refractivity contribution in [2.45, 2.75) is 33.0 Å². The molecule has 1 aromatic carbocycles. The molecule has 0 N–H and O–H groups in total. The van der Waals surface area contributed by atoms with Crippen LogP contribution >= 0.6 is 22.9 Å². The number of rotatable bonds is 7. The van der Waals surface area contributed by atoms with Gasteiger partial charge in [0.05, 0.1) is 5.56 Å². The van der Waals surface area contributed by atoms with Gasteiger partial charge >= 0.3 is 6.18 Å². The first-order valence-corrected chi connectivity index (χ1v) is 12.7. The number of carbonyl (C=O) groups excluding carboxylic acids is 2. The van der Waals surface area contributed by atoms with Crippen molar-refractivity contribution in [2.24, 2.45) is 0 Å². The second-order valence-electron chi connectivity index (χ2n) is 8.67. The molecule has 1 fully saturated rings. The minimum atomic E-state index is -4.60. The van der Waals surface area contributed by atoms with E-state index in [0.29, 0.717) is 31.1 Å². The molecule has 0 saturated carbocycles. The van der Waals surface area contributed by atoms with E-state index in [1.54, 1.807) is 22.4 Å². The van der Waals surface area contributed by atoms with Crippen LogP contribution < -0.4 is 4.90 Å². The van der Waals surface area contributed by atoms with Gasteiger partial charge in [-0.1, -0.05) is 23.8 Å². The van der Waals surface area contributed by atoms with Crippen LogP contribution in [-0.2, 0) is 15.8 Å². The molecule has 2 heterocycles. The predicted molar refractivity (Wildman–Crippen MR) is 134 cm³/mol. The Hall–Kier alpha value is -2.36. The third-order valence-electron chi connectivity index (χ3n) is 6.00. The van der Waals surface area contributed by atoms with Crippen molar-refractivity contribution in [3.8, 4) is 0 Å². The largest absolute Gasteiger partial charge is 0.416 e. The quantitative estimate of drug-likeness (QED) is 0.353. The smallest absolute Gasteiger partial charge is 0.338 e. The standard InChI is InChI=1S/C25H29ClF3N3O2S/c1-17(2)9-10-30-11-13-31(14-12-30)24(34)23(21-8-5-15-35-21)32(22(33)16-26)20-7-4-6-19(18(20)3)25(27,28)29/h4-9,15,23H,10-14,16H2,1-3H3. The topological polar surface area (TPSA) is 43.9 Å². The summed E-state index contributed by atoms with van der Waals surface area (Å²) in [7, 11) is 0. The third-order valence-corrected chi connectivity index (χ3v) is 7.15. The Morgan fingerprint density at radius 3 is 2.37 bits per heavy atom. The van der Waals surface area contributed by atoms with Crippen LogP contribution in [0.15, 0.2) is 47.4 Å². The number of carbonyl (C=O) groups is 2. The van der Waals surface area contributed by atoms with E-state index in [1.165, 1.54) is 36.0 Å².